The lowest BCUT2D eigenvalue weighted by atomic mass is 10.1. The molecule has 1 aromatic rings. The van der Waals surface area contributed by atoms with E-state index >= 15 is 0 Å². The van der Waals surface area contributed by atoms with Crippen LogP contribution in [0.25, 0.3) is 0 Å². The number of thiophene rings is 1. The van der Waals surface area contributed by atoms with Crippen LogP contribution in [0.4, 0.5) is 0 Å². The molecule has 2 rings (SSSR count). The molecule has 0 radical (unpaired) electrons. The highest BCUT2D eigenvalue weighted by Crippen LogP contribution is 2.35. The van der Waals surface area contributed by atoms with Crippen LogP contribution in [-0.2, 0) is 9.84 Å². The Balaban J connectivity index is 2.21. The van der Waals surface area contributed by atoms with Gasteiger partial charge in [0.05, 0.1) is 5.75 Å². The first-order valence-corrected chi connectivity index (χ1v) is 8.07. The third kappa shape index (κ3) is 2.31. The van der Waals surface area contributed by atoms with E-state index in [1.165, 1.54) is 11.3 Å². The van der Waals surface area contributed by atoms with Gasteiger partial charge >= 0.3 is 0 Å². The Bertz CT molecular complexity index is 462. The lowest BCUT2D eigenvalue weighted by Gasteiger charge is -2.24. The summed E-state index contributed by atoms with van der Waals surface area (Å²) in [6.45, 7) is 5.24. The molecule has 0 bridgehead atoms. The summed E-state index contributed by atoms with van der Waals surface area (Å²) < 4.78 is 24.2. The van der Waals surface area contributed by atoms with Crippen LogP contribution in [0.15, 0.2) is 15.7 Å². The molecule has 0 saturated carbocycles. The van der Waals surface area contributed by atoms with Gasteiger partial charge in [0.15, 0.2) is 9.84 Å². The average molecular weight is 259 g/mol. The molecule has 0 aliphatic carbocycles. The van der Waals surface area contributed by atoms with E-state index in [4.69, 9.17) is 0 Å². The fourth-order valence-corrected chi connectivity index (χ4v) is 4.92. The van der Waals surface area contributed by atoms with E-state index in [1.807, 2.05) is 11.4 Å². The second-order valence-electron chi connectivity index (χ2n) is 4.63. The van der Waals surface area contributed by atoms with Gasteiger partial charge in [-0.2, -0.15) is 0 Å². The highest BCUT2D eigenvalue weighted by molar-refractivity contribution is 7.93. The topological polar surface area (TPSA) is 46.2 Å². The number of nitrogens with one attached hydrogen (secondary N) is 1. The van der Waals surface area contributed by atoms with Gasteiger partial charge in [-0.05, 0) is 35.9 Å². The summed E-state index contributed by atoms with van der Waals surface area (Å²) >= 11 is 1.34. The molecule has 1 atom stereocenters. The van der Waals surface area contributed by atoms with Crippen molar-refractivity contribution in [3.05, 3.63) is 17.0 Å². The first-order chi connectivity index (χ1) is 7.50. The SMILES string of the molecule is CC(C)CNC1CCS(=O)(=O)c2sccc21. The van der Waals surface area contributed by atoms with E-state index < -0.39 is 9.84 Å². The van der Waals surface area contributed by atoms with Gasteiger partial charge in [0.2, 0.25) is 0 Å². The smallest absolute Gasteiger partial charge is 0.188 e. The molecule has 16 heavy (non-hydrogen) atoms. The molecule has 0 amide bonds. The zero-order chi connectivity index (χ0) is 11.8. The Morgan fingerprint density at radius 2 is 2.31 bits per heavy atom. The normalized spacial score (nSPS) is 23.3. The highest BCUT2D eigenvalue weighted by Gasteiger charge is 2.31. The van der Waals surface area contributed by atoms with Crippen LogP contribution in [0.3, 0.4) is 0 Å². The standard InChI is InChI=1S/C11H17NO2S2/c1-8(2)7-12-10-4-6-16(13,14)11-9(10)3-5-15-11/h3,5,8,10,12H,4,6-7H2,1-2H3. The summed E-state index contributed by atoms with van der Waals surface area (Å²) in [7, 11) is -2.99. The number of rotatable bonds is 3. The van der Waals surface area contributed by atoms with E-state index in [2.05, 4.69) is 19.2 Å². The van der Waals surface area contributed by atoms with Crippen LogP contribution >= 0.6 is 11.3 Å². The van der Waals surface area contributed by atoms with Crippen molar-refractivity contribution in [1.29, 1.82) is 0 Å². The van der Waals surface area contributed by atoms with Crippen LogP contribution in [0.5, 0.6) is 0 Å². The zero-order valence-electron chi connectivity index (χ0n) is 9.56. The van der Waals surface area contributed by atoms with E-state index in [-0.39, 0.29) is 11.8 Å². The second kappa shape index (κ2) is 4.47. The number of hydrogen-bond donors (Lipinski definition) is 1. The quantitative estimate of drug-likeness (QED) is 0.905. The monoisotopic (exact) mass is 259 g/mol. The molecule has 0 aromatic carbocycles. The molecule has 0 spiro atoms. The zero-order valence-corrected chi connectivity index (χ0v) is 11.2. The van der Waals surface area contributed by atoms with Gasteiger partial charge in [0.1, 0.15) is 4.21 Å². The first-order valence-electron chi connectivity index (χ1n) is 5.54. The largest absolute Gasteiger partial charge is 0.310 e. The van der Waals surface area contributed by atoms with Crippen molar-refractivity contribution < 1.29 is 8.42 Å². The van der Waals surface area contributed by atoms with Crippen LogP contribution in [0.1, 0.15) is 31.9 Å². The molecule has 3 nitrogen and oxygen atoms in total. The summed E-state index contributed by atoms with van der Waals surface area (Å²) in [5.74, 6) is 0.858. The van der Waals surface area contributed by atoms with Crippen molar-refractivity contribution >= 4 is 21.2 Å². The fourth-order valence-electron chi connectivity index (χ4n) is 1.93. The molecule has 2 heterocycles. The Morgan fingerprint density at radius 1 is 1.56 bits per heavy atom. The van der Waals surface area contributed by atoms with Crippen LogP contribution < -0.4 is 5.32 Å². The third-order valence-electron chi connectivity index (χ3n) is 2.76. The van der Waals surface area contributed by atoms with Crippen molar-refractivity contribution in [2.24, 2.45) is 5.92 Å². The average Bonchev–Trinajstić information content (AvgIpc) is 2.66. The fraction of sp³-hybridized carbons (Fsp3) is 0.636. The molecular formula is C11H17NO2S2. The summed E-state index contributed by atoms with van der Waals surface area (Å²) in [4.78, 5) is 0. The third-order valence-corrected chi connectivity index (χ3v) is 6.11. The van der Waals surface area contributed by atoms with Crippen molar-refractivity contribution in [1.82, 2.24) is 5.32 Å². The van der Waals surface area contributed by atoms with Gasteiger partial charge in [0.25, 0.3) is 0 Å². The van der Waals surface area contributed by atoms with Gasteiger partial charge in [0, 0.05) is 6.04 Å². The van der Waals surface area contributed by atoms with Gasteiger partial charge in [-0.1, -0.05) is 13.8 Å². The van der Waals surface area contributed by atoms with Crippen LogP contribution in [0, 0.1) is 5.92 Å². The molecule has 1 aromatic heterocycles. The van der Waals surface area contributed by atoms with Crippen molar-refractivity contribution in [3.8, 4) is 0 Å². The van der Waals surface area contributed by atoms with E-state index in [0.29, 0.717) is 16.5 Å². The summed E-state index contributed by atoms with van der Waals surface area (Å²) in [6.07, 6.45) is 0.693. The first kappa shape index (κ1) is 12.1. The van der Waals surface area contributed by atoms with Gasteiger partial charge < -0.3 is 5.32 Å². The second-order valence-corrected chi connectivity index (χ2v) is 7.85. The molecule has 90 valence electrons. The molecule has 1 aliphatic heterocycles. The summed E-state index contributed by atoms with van der Waals surface area (Å²) in [5, 5.41) is 5.32. The van der Waals surface area contributed by atoms with Crippen molar-refractivity contribution in [3.63, 3.8) is 0 Å². The maximum absolute atomic E-state index is 11.8. The molecule has 5 heteroatoms. The van der Waals surface area contributed by atoms with Crippen molar-refractivity contribution in [2.45, 2.75) is 30.5 Å². The lowest BCUT2D eigenvalue weighted by molar-refractivity contribution is 0.453. The maximum atomic E-state index is 11.8. The van der Waals surface area contributed by atoms with Crippen molar-refractivity contribution in [2.75, 3.05) is 12.3 Å². The predicted octanol–water partition coefficient (Wildman–Crippen LogP) is 2.21. The predicted molar refractivity (Wildman–Crippen MR) is 66.6 cm³/mol. The molecule has 1 unspecified atom stereocenters. The molecular weight excluding hydrogens is 242 g/mol. The minimum absolute atomic E-state index is 0.215. The number of fused-ring (bicyclic) bond motifs is 1. The Kier molecular flexibility index (Phi) is 3.37. The molecule has 0 saturated heterocycles. The van der Waals surface area contributed by atoms with Crippen LogP contribution in [0.2, 0.25) is 0 Å². The minimum atomic E-state index is -2.99. The molecule has 1 aliphatic rings. The molecule has 0 fully saturated rings. The van der Waals surface area contributed by atoms with E-state index in [1.54, 1.807) is 0 Å². The van der Waals surface area contributed by atoms with Gasteiger partial charge in [-0.25, -0.2) is 8.42 Å². The van der Waals surface area contributed by atoms with Crippen LogP contribution in [-0.4, -0.2) is 20.7 Å². The van der Waals surface area contributed by atoms with E-state index in [9.17, 15) is 8.42 Å². The Morgan fingerprint density at radius 3 is 3.00 bits per heavy atom. The minimum Gasteiger partial charge on any atom is -0.310 e. The maximum Gasteiger partial charge on any atom is 0.188 e. The lowest BCUT2D eigenvalue weighted by Crippen LogP contribution is -2.30. The highest BCUT2D eigenvalue weighted by atomic mass is 32.2. The summed E-state index contributed by atoms with van der Waals surface area (Å²) in [6, 6.07) is 2.15. The molecule has 1 N–H and O–H groups in total. The van der Waals surface area contributed by atoms with Gasteiger partial charge in [-0.15, -0.1) is 11.3 Å². The van der Waals surface area contributed by atoms with Gasteiger partial charge in [-0.3, -0.25) is 0 Å². The number of hydrogen-bond acceptors (Lipinski definition) is 4. The summed E-state index contributed by atoms with van der Waals surface area (Å²) in [5.41, 5.74) is 0.969. The van der Waals surface area contributed by atoms with E-state index in [0.717, 1.165) is 12.1 Å². The number of sulfone groups is 1. The Hall–Kier alpha value is -0.390. The Labute approximate surface area is 101 Å².